The smallest absolute Gasteiger partial charge is 0.191 e. The number of nitrogens with one attached hydrogen (secondary N) is 2. The van der Waals surface area contributed by atoms with Crippen LogP contribution in [-0.2, 0) is 19.4 Å². The number of aryl methyl sites for hydroxylation is 2. The van der Waals surface area contributed by atoms with Crippen LogP contribution < -0.4 is 10.6 Å². The summed E-state index contributed by atoms with van der Waals surface area (Å²) >= 11 is 0. The summed E-state index contributed by atoms with van der Waals surface area (Å²) in [5, 5.41) is 11.0. The Morgan fingerprint density at radius 1 is 1.20 bits per heavy atom. The van der Waals surface area contributed by atoms with E-state index >= 15 is 0 Å². The van der Waals surface area contributed by atoms with Gasteiger partial charge in [-0.2, -0.15) is 0 Å². The summed E-state index contributed by atoms with van der Waals surface area (Å²) in [5.74, 6) is 3.17. The molecule has 1 fully saturated rings. The van der Waals surface area contributed by atoms with E-state index in [9.17, 15) is 0 Å². The molecule has 1 saturated carbocycles. The van der Waals surface area contributed by atoms with Gasteiger partial charge in [-0.15, -0.1) is 0 Å². The fourth-order valence-electron chi connectivity index (χ4n) is 3.34. The van der Waals surface area contributed by atoms with Crippen LogP contribution in [0.5, 0.6) is 0 Å². The monoisotopic (exact) mass is 340 g/mol. The second-order valence-electron chi connectivity index (χ2n) is 6.56. The van der Waals surface area contributed by atoms with Crippen molar-refractivity contribution in [3.63, 3.8) is 0 Å². The molecular formula is C20H28N4O. The lowest BCUT2D eigenvalue weighted by atomic mass is 10.1. The van der Waals surface area contributed by atoms with Gasteiger partial charge >= 0.3 is 0 Å². The van der Waals surface area contributed by atoms with Gasteiger partial charge in [-0.3, -0.25) is 4.99 Å². The summed E-state index contributed by atoms with van der Waals surface area (Å²) in [5.41, 5.74) is 3.65. The molecule has 2 N–H and O–H groups in total. The molecule has 1 aliphatic carbocycles. The molecule has 1 aromatic heterocycles. The van der Waals surface area contributed by atoms with Crippen LogP contribution >= 0.6 is 0 Å². The summed E-state index contributed by atoms with van der Waals surface area (Å²) in [4.78, 5) is 4.34. The number of hydrogen-bond donors (Lipinski definition) is 2. The van der Waals surface area contributed by atoms with Crippen LogP contribution in [0.2, 0.25) is 0 Å². The highest BCUT2D eigenvalue weighted by atomic mass is 16.5. The predicted molar refractivity (Wildman–Crippen MR) is 101 cm³/mol. The van der Waals surface area contributed by atoms with Crippen molar-refractivity contribution >= 4 is 5.96 Å². The van der Waals surface area contributed by atoms with Crippen molar-refractivity contribution in [3.05, 3.63) is 52.9 Å². The topological polar surface area (TPSA) is 62.5 Å². The highest BCUT2D eigenvalue weighted by Crippen LogP contribution is 2.46. The molecule has 25 heavy (non-hydrogen) atoms. The second-order valence-corrected chi connectivity index (χ2v) is 6.56. The highest BCUT2D eigenvalue weighted by Gasteiger charge is 2.37. The molecule has 0 spiro atoms. The minimum atomic E-state index is 0.684. The van der Waals surface area contributed by atoms with E-state index < -0.39 is 0 Å². The summed E-state index contributed by atoms with van der Waals surface area (Å²) in [7, 11) is 1.81. The van der Waals surface area contributed by atoms with Gasteiger partial charge in [0.25, 0.3) is 0 Å². The third-order valence-corrected chi connectivity index (χ3v) is 4.95. The van der Waals surface area contributed by atoms with Crippen LogP contribution in [0, 0.1) is 5.92 Å². The van der Waals surface area contributed by atoms with Gasteiger partial charge in [0.15, 0.2) is 5.96 Å². The van der Waals surface area contributed by atoms with E-state index in [1.807, 2.05) is 7.05 Å². The van der Waals surface area contributed by atoms with E-state index in [0.717, 1.165) is 36.8 Å². The number of hydrogen-bond acceptors (Lipinski definition) is 3. The first-order valence-electron chi connectivity index (χ1n) is 9.22. The molecular weight excluding hydrogens is 312 g/mol. The number of aliphatic imine (C=N–C) groups is 1. The van der Waals surface area contributed by atoms with E-state index in [4.69, 9.17) is 4.52 Å². The lowest BCUT2D eigenvalue weighted by molar-refractivity contribution is 0.380. The molecule has 3 rings (SSSR count). The third kappa shape index (κ3) is 4.21. The maximum Gasteiger partial charge on any atom is 0.191 e. The van der Waals surface area contributed by atoms with Crippen molar-refractivity contribution < 1.29 is 4.52 Å². The van der Waals surface area contributed by atoms with Crippen molar-refractivity contribution in [3.8, 4) is 0 Å². The first-order valence-corrected chi connectivity index (χ1v) is 9.22. The normalized spacial score (nSPS) is 19.7. The van der Waals surface area contributed by atoms with E-state index in [2.05, 4.69) is 65.0 Å². The molecule has 0 saturated heterocycles. The number of aromatic nitrogens is 1. The Morgan fingerprint density at radius 2 is 2.00 bits per heavy atom. The second kappa shape index (κ2) is 8.19. The molecule has 0 radical (unpaired) electrons. The summed E-state index contributed by atoms with van der Waals surface area (Å²) in [6.07, 6.45) is 2.99. The van der Waals surface area contributed by atoms with Crippen LogP contribution in [-0.4, -0.2) is 24.7 Å². The molecule has 2 unspecified atom stereocenters. The lowest BCUT2D eigenvalue weighted by Crippen LogP contribution is -2.38. The average Bonchev–Trinajstić information content (AvgIpc) is 3.33. The maximum absolute atomic E-state index is 5.42. The zero-order valence-corrected chi connectivity index (χ0v) is 15.4. The molecule has 1 heterocycles. The number of guanidine groups is 1. The standard InChI is InChI=1S/C20H28N4O/c1-4-18-17(19(5-2)25-24-18)13-23-20(21-3)22-12-15-11-16(15)14-9-7-6-8-10-14/h6-10,15-16H,4-5,11-13H2,1-3H3,(H2,21,22,23). The third-order valence-electron chi connectivity index (χ3n) is 4.95. The summed E-state index contributed by atoms with van der Waals surface area (Å²) in [6, 6.07) is 10.8. The molecule has 1 aliphatic rings. The van der Waals surface area contributed by atoms with E-state index in [0.29, 0.717) is 18.4 Å². The lowest BCUT2D eigenvalue weighted by Gasteiger charge is -2.12. The molecule has 2 atom stereocenters. The number of nitrogens with zero attached hydrogens (tertiary/aromatic N) is 2. The van der Waals surface area contributed by atoms with Crippen LogP contribution in [0.15, 0.2) is 39.8 Å². The van der Waals surface area contributed by atoms with E-state index in [1.54, 1.807) is 0 Å². The minimum Gasteiger partial charge on any atom is -0.361 e. The molecule has 5 heteroatoms. The average molecular weight is 340 g/mol. The van der Waals surface area contributed by atoms with E-state index in [-0.39, 0.29) is 0 Å². The van der Waals surface area contributed by atoms with Gasteiger partial charge in [0, 0.05) is 32.1 Å². The van der Waals surface area contributed by atoms with Gasteiger partial charge in [0.2, 0.25) is 0 Å². The highest BCUT2D eigenvalue weighted by molar-refractivity contribution is 5.79. The fourth-order valence-corrected chi connectivity index (χ4v) is 3.34. The Hall–Kier alpha value is -2.30. The molecule has 0 bridgehead atoms. The van der Waals surface area contributed by atoms with Crippen molar-refractivity contribution in [2.24, 2.45) is 10.9 Å². The Balaban J connectivity index is 1.49. The van der Waals surface area contributed by atoms with E-state index in [1.165, 1.54) is 17.5 Å². The fraction of sp³-hybridized carbons (Fsp3) is 0.500. The summed E-state index contributed by atoms with van der Waals surface area (Å²) < 4.78 is 5.42. The number of benzene rings is 1. The summed E-state index contributed by atoms with van der Waals surface area (Å²) in [6.45, 7) is 5.84. The van der Waals surface area contributed by atoms with Gasteiger partial charge in [0.05, 0.1) is 5.69 Å². The molecule has 1 aromatic carbocycles. The molecule has 5 nitrogen and oxygen atoms in total. The van der Waals surface area contributed by atoms with Crippen LogP contribution in [0.25, 0.3) is 0 Å². The van der Waals surface area contributed by atoms with Gasteiger partial charge in [-0.25, -0.2) is 0 Å². The molecule has 0 amide bonds. The SMILES string of the molecule is CCc1noc(CC)c1CNC(=NC)NCC1CC1c1ccccc1. The van der Waals surface area contributed by atoms with Crippen molar-refractivity contribution in [2.75, 3.05) is 13.6 Å². The quantitative estimate of drug-likeness (QED) is 0.600. The Labute approximate surface area is 149 Å². The molecule has 0 aliphatic heterocycles. The predicted octanol–water partition coefficient (Wildman–Crippen LogP) is 3.27. The Kier molecular flexibility index (Phi) is 5.74. The number of rotatable bonds is 7. The zero-order valence-electron chi connectivity index (χ0n) is 15.4. The Morgan fingerprint density at radius 3 is 2.68 bits per heavy atom. The molecule has 2 aromatic rings. The minimum absolute atomic E-state index is 0.684. The molecule has 134 valence electrons. The van der Waals surface area contributed by atoms with Gasteiger partial charge in [0.1, 0.15) is 5.76 Å². The van der Waals surface area contributed by atoms with Crippen molar-refractivity contribution in [2.45, 2.75) is 45.6 Å². The maximum atomic E-state index is 5.42. The zero-order chi connectivity index (χ0) is 17.6. The first-order chi connectivity index (χ1) is 12.3. The Bertz CT molecular complexity index is 686. The van der Waals surface area contributed by atoms with Gasteiger partial charge in [-0.05, 0) is 30.2 Å². The van der Waals surface area contributed by atoms with Crippen LogP contribution in [0.3, 0.4) is 0 Å². The van der Waals surface area contributed by atoms with Crippen molar-refractivity contribution in [1.82, 2.24) is 15.8 Å². The van der Waals surface area contributed by atoms with Gasteiger partial charge in [-0.1, -0.05) is 49.3 Å². The van der Waals surface area contributed by atoms with Gasteiger partial charge < -0.3 is 15.2 Å². The largest absolute Gasteiger partial charge is 0.361 e. The van der Waals surface area contributed by atoms with Crippen LogP contribution in [0.1, 0.15) is 48.8 Å². The van der Waals surface area contributed by atoms with Crippen molar-refractivity contribution in [1.29, 1.82) is 0 Å². The van der Waals surface area contributed by atoms with Crippen LogP contribution in [0.4, 0.5) is 0 Å². The first kappa shape index (κ1) is 17.5.